The van der Waals surface area contributed by atoms with E-state index in [1.165, 1.54) is 18.9 Å². The van der Waals surface area contributed by atoms with E-state index in [1.54, 1.807) is 20.8 Å². The van der Waals surface area contributed by atoms with Gasteiger partial charge < -0.3 is 30.1 Å². The van der Waals surface area contributed by atoms with Crippen molar-refractivity contribution >= 4 is 75.7 Å². The number of anilines is 1. The van der Waals surface area contributed by atoms with Crippen molar-refractivity contribution in [1.29, 1.82) is 0 Å². The Bertz CT molecular complexity index is 1190. The van der Waals surface area contributed by atoms with Gasteiger partial charge in [0.25, 0.3) is 11.8 Å². The average molecular weight is 576 g/mol. The van der Waals surface area contributed by atoms with Gasteiger partial charge in [-0.1, -0.05) is 28.1 Å². The number of carboxylic acids is 1. The molecule has 3 heterocycles. The first-order valence-corrected chi connectivity index (χ1v) is 12.7. The van der Waals surface area contributed by atoms with Crippen molar-refractivity contribution in [2.24, 2.45) is 5.16 Å². The number of oxime groups is 1. The maximum absolute atomic E-state index is 13.2. The number of methoxy groups -OCH3 is 1. The number of carbonyl (C=O) groups is 5. The summed E-state index contributed by atoms with van der Waals surface area (Å²) in [6.07, 6.45) is 0.360. The highest BCUT2D eigenvalue weighted by atomic mass is 35.5. The number of thiazole rings is 1. The number of amides is 3. The van der Waals surface area contributed by atoms with E-state index < -0.39 is 53.1 Å². The van der Waals surface area contributed by atoms with Gasteiger partial charge >= 0.3 is 11.9 Å². The van der Waals surface area contributed by atoms with Crippen LogP contribution in [0.4, 0.5) is 5.13 Å². The Kier molecular flexibility index (Phi) is 8.65. The van der Waals surface area contributed by atoms with Crippen molar-refractivity contribution < 1.29 is 43.4 Å². The second-order valence-corrected chi connectivity index (χ2v) is 11.1. The lowest BCUT2D eigenvalue weighted by atomic mass is 10.0. The van der Waals surface area contributed by atoms with Gasteiger partial charge in [-0.05, 0) is 20.8 Å². The molecule has 14 nitrogen and oxygen atoms in total. The molecule has 1 fully saturated rings. The molecule has 0 aromatic carbocycles. The van der Waals surface area contributed by atoms with E-state index >= 15 is 0 Å². The van der Waals surface area contributed by atoms with Gasteiger partial charge in [0.05, 0.1) is 12.9 Å². The molecule has 0 saturated carbocycles. The molecule has 200 valence electrons. The van der Waals surface area contributed by atoms with Crippen LogP contribution >= 0.6 is 34.7 Å². The van der Waals surface area contributed by atoms with Gasteiger partial charge in [0, 0.05) is 0 Å². The minimum atomic E-state index is -1.34. The molecule has 3 rings (SSSR count). The minimum Gasteiger partial charge on any atom is -0.498 e. The number of rotatable bonds is 10. The number of carbonyl (C=O) groups excluding carboxylic acids is 4. The van der Waals surface area contributed by atoms with Crippen molar-refractivity contribution in [3.63, 3.8) is 0 Å². The Hall–Kier alpha value is -3.37. The Morgan fingerprint density at radius 2 is 2.05 bits per heavy atom. The van der Waals surface area contributed by atoms with Crippen molar-refractivity contribution in [1.82, 2.24) is 15.2 Å². The number of aliphatic carboxylic acids is 1. The summed E-state index contributed by atoms with van der Waals surface area (Å²) in [6, 6.07) is -1.11. The van der Waals surface area contributed by atoms with E-state index in [0.29, 0.717) is 6.41 Å². The van der Waals surface area contributed by atoms with Crippen LogP contribution in [0.1, 0.15) is 26.5 Å². The molecule has 1 aromatic heterocycles. The predicted octanol–water partition coefficient (Wildman–Crippen LogP) is 0.770. The quantitative estimate of drug-likeness (QED) is 0.118. The smallest absolute Gasteiger partial charge is 0.356 e. The number of aromatic nitrogens is 1. The Morgan fingerprint density at radius 1 is 1.35 bits per heavy atom. The summed E-state index contributed by atoms with van der Waals surface area (Å²) in [5, 5.41) is 17.3. The van der Waals surface area contributed by atoms with Gasteiger partial charge in [-0.25, -0.2) is 14.6 Å². The molecule has 2 aliphatic rings. The van der Waals surface area contributed by atoms with Gasteiger partial charge in [-0.2, -0.15) is 0 Å². The second-order valence-electron chi connectivity index (χ2n) is 8.35. The highest BCUT2D eigenvalue weighted by molar-refractivity contribution is 8.00. The number of β-lactam (4-membered cyclic amide) rings is 1. The molecule has 3 amide bonds. The summed E-state index contributed by atoms with van der Waals surface area (Å²) in [4.78, 5) is 70.4. The van der Waals surface area contributed by atoms with Gasteiger partial charge in [-0.3, -0.25) is 19.3 Å². The van der Waals surface area contributed by atoms with Crippen LogP contribution in [-0.4, -0.2) is 87.4 Å². The molecular weight excluding hydrogens is 554 g/mol. The van der Waals surface area contributed by atoms with Crippen molar-refractivity contribution in [3.8, 4) is 0 Å². The predicted molar refractivity (Wildman–Crippen MR) is 132 cm³/mol. The largest absolute Gasteiger partial charge is 0.498 e. The molecule has 0 spiro atoms. The fourth-order valence-corrected chi connectivity index (χ4v) is 5.54. The Labute approximate surface area is 223 Å². The number of fused-ring (bicyclic) bond motifs is 1. The molecular formula is C20H22ClN5O9S2. The number of hydrogen-bond donors (Lipinski definition) is 3. The molecule has 2 aliphatic heterocycles. The number of ether oxygens (including phenoxy) is 2. The molecule has 1 unspecified atom stereocenters. The van der Waals surface area contributed by atoms with Gasteiger partial charge in [0.2, 0.25) is 13.0 Å². The summed E-state index contributed by atoms with van der Waals surface area (Å²) < 4.78 is 10.2. The van der Waals surface area contributed by atoms with Crippen LogP contribution in [0.2, 0.25) is 4.34 Å². The van der Waals surface area contributed by atoms with E-state index in [0.717, 1.165) is 16.2 Å². The van der Waals surface area contributed by atoms with E-state index in [-0.39, 0.29) is 32.4 Å². The fraction of sp³-hybridized carbons (Fsp3) is 0.450. The van der Waals surface area contributed by atoms with Crippen molar-refractivity contribution in [2.45, 2.75) is 37.8 Å². The van der Waals surface area contributed by atoms with Crippen LogP contribution in [0.3, 0.4) is 0 Å². The van der Waals surface area contributed by atoms with Crippen LogP contribution < -0.4 is 10.6 Å². The number of esters is 1. The zero-order valence-electron chi connectivity index (χ0n) is 19.9. The van der Waals surface area contributed by atoms with Gasteiger partial charge in [-0.15, -0.1) is 11.8 Å². The Morgan fingerprint density at radius 3 is 2.65 bits per heavy atom. The van der Waals surface area contributed by atoms with Crippen LogP contribution in [0.15, 0.2) is 16.6 Å². The fourth-order valence-electron chi connectivity index (χ4n) is 3.23. The van der Waals surface area contributed by atoms with Gasteiger partial charge in [0.1, 0.15) is 32.8 Å². The van der Waals surface area contributed by atoms with E-state index in [1.807, 2.05) is 0 Å². The summed E-state index contributed by atoms with van der Waals surface area (Å²) in [5.74, 6) is -3.44. The average Bonchev–Trinajstić information content (AvgIpc) is 3.17. The molecule has 17 heteroatoms. The standard InChI is InChI=1S/C20H22ClN5O9S2/c1-20(2,3)35-9(28)5-34-25-11(10-14(21)37-19(24-10)22-7-27)15(29)23-12-16(30)26-13(18(31)32)8(33-4)6-36-17(12)26/h7,12,17H,5-6H2,1-4H3,(H,23,29)(H,31,32)(H,22,24,27)/t12?,17-/m0/s1. The van der Waals surface area contributed by atoms with E-state index in [9.17, 15) is 29.1 Å². The third kappa shape index (κ3) is 6.31. The minimum absolute atomic E-state index is 0.0337. The van der Waals surface area contributed by atoms with Crippen molar-refractivity contribution in [2.75, 3.05) is 24.8 Å². The first-order chi connectivity index (χ1) is 17.4. The highest BCUT2D eigenvalue weighted by Gasteiger charge is 2.55. The maximum atomic E-state index is 13.2. The summed E-state index contributed by atoms with van der Waals surface area (Å²) in [7, 11) is 1.30. The van der Waals surface area contributed by atoms with Crippen LogP contribution in [0, 0.1) is 0 Å². The summed E-state index contributed by atoms with van der Waals surface area (Å²) in [5.41, 5.74) is -1.74. The second kappa shape index (κ2) is 11.4. The molecule has 0 bridgehead atoms. The molecule has 1 saturated heterocycles. The van der Waals surface area contributed by atoms with Crippen LogP contribution in [0.5, 0.6) is 0 Å². The van der Waals surface area contributed by atoms with E-state index in [4.69, 9.17) is 25.9 Å². The number of thioether (sulfide) groups is 1. The number of nitrogens with one attached hydrogen (secondary N) is 2. The first kappa shape index (κ1) is 28.2. The number of nitrogens with zero attached hydrogens (tertiary/aromatic N) is 3. The maximum Gasteiger partial charge on any atom is 0.356 e. The lowest BCUT2D eigenvalue weighted by Gasteiger charge is -2.48. The zero-order chi connectivity index (χ0) is 27.5. The topological polar surface area (TPSA) is 186 Å². The molecule has 0 radical (unpaired) electrons. The SMILES string of the molecule is COC1=C(C(=O)O)N2C(=O)C(NC(=O)C(=NOCC(=O)OC(C)(C)C)c3nc(NC=O)sc3Cl)[C@@H]2SC1. The van der Waals surface area contributed by atoms with Crippen LogP contribution in [0.25, 0.3) is 0 Å². The third-order valence-electron chi connectivity index (χ3n) is 4.63. The summed E-state index contributed by atoms with van der Waals surface area (Å²) >= 11 is 8.21. The molecule has 0 aliphatic carbocycles. The van der Waals surface area contributed by atoms with Gasteiger partial charge in [0.15, 0.2) is 16.5 Å². The monoisotopic (exact) mass is 575 g/mol. The first-order valence-electron chi connectivity index (χ1n) is 10.4. The number of halogens is 1. The molecule has 1 aromatic rings. The lowest BCUT2D eigenvalue weighted by Crippen LogP contribution is -2.71. The normalized spacial score (nSPS) is 19.4. The Balaban J connectivity index is 1.82. The molecule has 2 atom stereocenters. The zero-order valence-corrected chi connectivity index (χ0v) is 22.3. The van der Waals surface area contributed by atoms with Crippen LogP contribution in [-0.2, 0) is 38.3 Å². The molecule has 37 heavy (non-hydrogen) atoms. The third-order valence-corrected chi connectivity index (χ3v) is 7.07. The lowest BCUT2D eigenvalue weighted by molar-refractivity contribution is -0.160. The summed E-state index contributed by atoms with van der Waals surface area (Å²) in [6.45, 7) is 4.33. The molecule has 3 N–H and O–H groups in total. The van der Waals surface area contributed by atoms with Crippen molar-refractivity contribution in [3.05, 3.63) is 21.5 Å². The number of carboxylic acid groups (broad SMARTS) is 1. The highest BCUT2D eigenvalue weighted by Crippen LogP contribution is 2.40. The number of hydrogen-bond acceptors (Lipinski definition) is 12. The van der Waals surface area contributed by atoms with E-state index in [2.05, 4.69) is 20.8 Å².